The van der Waals surface area contributed by atoms with Gasteiger partial charge in [-0.05, 0) is 29.3 Å². The third-order valence-corrected chi connectivity index (χ3v) is 3.11. The summed E-state index contributed by atoms with van der Waals surface area (Å²) in [6.07, 6.45) is -3.57. The van der Waals surface area contributed by atoms with E-state index in [1.165, 1.54) is 0 Å². The zero-order valence-corrected chi connectivity index (χ0v) is 11.2. The molecular formula is C10H14BrF3N2O. The molecule has 1 heterocycles. The summed E-state index contributed by atoms with van der Waals surface area (Å²) in [7, 11) is 0. The maximum Gasteiger partial charge on any atom is 0.411 e. The van der Waals surface area contributed by atoms with Crippen LogP contribution in [0.2, 0.25) is 0 Å². The van der Waals surface area contributed by atoms with Crippen molar-refractivity contribution in [3.8, 4) is 0 Å². The Morgan fingerprint density at radius 2 is 2.00 bits per heavy atom. The van der Waals surface area contributed by atoms with Gasteiger partial charge in [-0.1, -0.05) is 6.92 Å². The molecule has 0 aliphatic heterocycles. The number of alkyl halides is 3. The molecule has 1 aromatic heterocycles. The summed E-state index contributed by atoms with van der Waals surface area (Å²) in [6, 6.07) is 0. The van der Waals surface area contributed by atoms with Gasteiger partial charge in [-0.3, -0.25) is 4.68 Å². The fraction of sp³-hybridized carbons (Fsp3) is 0.700. The van der Waals surface area contributed by atoms with Crippen molar-refractivity contribution in [2.75, 3.05) is 6.61 Å². The highest BCUT2D eigenvalue weighted by atomic mass is 79.9. The Morgan fingerprint density at radius 1 is 1.35 bits per heavy atom. The minimum absolute atomic E-state index is 0.0963. The van der Waals surface area contributed by atoms with E-state index in [0.29, 0.717) is 12.2 Å². The van der Waals surface area contributed by atoms with Crippen molar-refractivity contribution < 1.29 is 17.9 Å². The predicted octanol–water partition coefficient (Wildman–Crippen LogP) is 3.31. The van der Waals surface area contributed by atoms with E-state index in [1.807, 2.05) is 13.8 Å². The molecule has 0 aliphatic carbocycles. The Bertz CT molecular complexity index is 376. The van der Waals surface area contributed by atoms with Gasteiger partial charge in [0, 0.05) is 6.54 Å². The molecule has 0 atom stereocenters. The summed E-state index contributed by atoms with van der Waals surface area (Å²) in [4.78, 5) is 0. The van der Waals surface area contributed by atoms with Crippen molar-refractivity contribution in [2.45, 2.75) is 39.6 Å². The van der Waals surface area contributed by atoms with Gasteiger partial charge < -0.3 is 4.74 Å². The van der Waals surface area contributed by atoms with E-state index in [1.54, 1.807) is 4.68 Å². The molecule has 98 valence electrons. The van der Waals surface area contributed by atoms with E-state index < -0.39 is 12.8 Å². The smallest absolute Gasteiger partial charge is 0.366 e. The second-order valence-corrected chi connectivity index (χ2v) is 4.28. The molecule has 0 fully saturated rings. The molecule has 0 bridgehead atoms. The molecule has 0 saturated heterocycles. The summed E-state index contributed by atoms with van der Waals surface area (Å²) in [5.41, 5.74) is 1.48. The van der Waals surface area contributed by atoms with E-state index in [2.05, 4.69) is 25.8 Å². The van der Waals surface area contributed by atoms with Crippen molar-refractivity contribution >= 4 is 15.9 Å². The molecule has 17 heavy (non-hydrogen) atoms. The lowest BCUT2D eigenvalue weighted by Gasteiger charge is -2.09. The number of ether oxygens (including phenoxy) is 1. The molecule has 1 rings (SSSR count). The fourth-order valence-electron chi connectivity index (χ4n) is 1.42. The second kappa shape index (κ2) is 5.86. The minimum Gasteiger partial charge on any atom is -0.366 e. The highest BCUT2D eigenvalue weighted by Gasteiger charge is 2.28. The lowest BCUT2D eigenvalue weighted by atomic mass is 10.3. The van der Waals surface area contributed by atoms with Crippen LogP contribution in [0, 0.1) is 0 Å². The van der Waals surface area contributed by atoms with Crippen LogP contribution in [-0.4, -0.2) is 22.6 Å². The topological polar surface area (TPSA) is 27.1 Å². The van der Waals surface area contributed by atoms with Gasteiger partial charge in [0.15, 0.2) is 0 Å². The summed E-state index contributed by atoms with van der Waals surface area (Å²) >= 11 is 3.34. The van der Waals surface area contributed by atoms with E-state index in [-0.39, 0.29) is 6.61 Å². The van der Waals surface area contributed by atoms with Gasteiger partial charge in [0.1, 0.15) is 6.61 Å². The summed E-state index contributed by atoms with van der Waals surface area (Å²) in [5, 5.41) is 4.27. The summed E-state index contributed by atoms with van der Waals surface area (Å²) < 4.78 is 42.9. The van der Waals surface area contributed by atoms with Crippen molar-refractivity contribution in [2.24, 2.45) is 0 Å². The van der Waals surface area contributed by atoms with E-state index in [0.717, 1.165) is 16.6 Å². The lowest BCUT2D eigenvalue weighted by Crippen LogP contribution is -2.17. The first kappa shape index (κ1) is 14.5. The molecular weight excluding hydrogens is 301 g/mol. The van der Waals surface area contributed by atoms with E-state index in [4.69, 9.17) is 0 Å². The van der Waals surface area contributed by atoms with Crippen LogP contribution < -0.4 is 0 Å². The van der Waals surface area contributed by atoms with Crippen LogP contribution >= 0.6 is 15.9 Å². The van der Waals surface area contributed by atoms with Gasteiger partial charge in [0.25, 0.3) is 0 Å². The maximum absolute atomic E-state index is 12.0. The molecule has 0 radical (unpaired) electrons. The summed E-state index contributed by atoms with van der Waals surface area (Å²) in [6.45, 7) is 3.08. The average molecular weight is 315 g/mol. The standard InChI is InChI=1S/C10H14BrF3N2O/c1-3-7-9(11)8(16(4-2)15-7)5-17-6-10(12,13)14/h3-6H2,1-2H3. The first-order chi connectivity index (χ1) is 7.89. The zero-order valence-electron chi connectivity index (χ0n) is 9.64. The molecule has 3 nitrogen and oxygen atoms in total. The van der Waals surface area contributed by atoms with Crippen LogP contribution in [0.25, 0.3) is 0 Å². The molecule has 0 amide bonds. The fourth-order valence-corrected chi connectivity index (χ4v) is 2.10. The number of rotatable bonds is 5. The van der Waals surface area contributed by atoms with Gasteiger partial charge >= 0.3 is 6.18 Å². The van der Waals surface area contributed by atoms with Crippen molar-refractivity contribution in [3.63, 3.8) is 0 Å². The Hall–Kier alpha value is -0.560. The Balaban J connectivity index is 2.72. The normalized spacial score (nSPS) is 12.1. The largest absolute Gasteiger partial charge is 0.411 e. The van der Waals surface area contributed by atoms with Gasteiger partial charge in [0.05, 0.1) is 22.5 Å². The number of hydrogen-bond acceptors (Lipinski definition) is 2. The Kier molecular flexibility index (Phi) is 5.00. The van der Waals surface area contributed by atoms with Crippen molar-refractivity contribution in [1.29, 1.82) is 0 Å². The van der Waals surface area contributed by atoms with Gasteiger partial charge in [0.2, 0.25) is 0 Å². The van der Waals surface area contributed by atoms with Gasteiger partial charge in [-0.25, -0.2) is 0 Å². The van der Waals surface area contributed by atoms with Crippen LogP contribution in [0.4, 0.5) is 13.2 Å². The van der Waals surface area contributed by atoms with E-state index >= 15 is 0 Å². The highest BCUT2D eigenvalue weighted by molar-refractivity contribution is 9.10. The predicted molar refractivity (Wildman–Crippen MR) is 60.7 cm³/mol. The minimum atomic E-state index is -4.29. The number of hydrogen-bond donors (Lipinski definition) is 0. The van der Waals surface area contributed by atoms with Gasteiger partial charge in [-0.15, -0.1) is 0 Å². The second-order valence-electron chi connectivity index (χ2n) is 3.48. The molecule has 0 saturated carbocycles. The SMILES string of the molecule is CCc1nn(CC)c(COCC(F)(F)F)c1Br. The monoisotopic (exact) mass is 314 g/mol. The zero-order chi connectivity index (χ0) is 13.1. The van der Waals surface area contributed by atoms with Crippen LogP contribution in [0.5, 0.6) is 0 Å². The quantitative estimate of drug-likeness (QED) is 0.833. The Morgan fingerprint density at radius 3 is 2.47 bits per heavy atom. The van der Waals surface area contributed by atoms with Crippen LogP contribution in [-0.2, 0) is 24.3 Å². The third-order valence-electron chi connectivity index (χ3n) is 2.20. The van der Waals surface area contributed by atoms with E-state index in [9.17, 15) is 13.2 Å². The molecule has 7 heteroatoms. The molecule has 0 N–H and O–H groups in total. The molecule has 1 aromatic rings. The highest BCUT2D eigenvalue weighted by Crippen LogP contribution is 2.24. The third kappa shape index (κ3) is 3.99. The van der Waals surface area contributed by atoms with Crippen LogP contribution in [0.15, 0.2) is 4.47 Å². The Labute approximate surface area is 106 Å². The first-order valence-corrected chi connectivity index (χ1v) is 6.06. The summed E-state index contributed by atoms with van der Waals surface area (Å²) in [5.74, 6) is 0. The van der Waals surface area contributed by atoms with Crippen molar-refractivity contribution in [1.82, 2.24) is 9.78 Å². The maximum atomic E-state index is 12.0. The van der Waals surface area contributed by atoms with Crippen LogP contribution in [0.1, 0.15) is 25.2 Å². The van der Waals surface area contributed by atoms with Crippen LogP contribution in [0.3, 0.4) is 0 Å². The molecule has 0 unspecified atom stereocenters. The molecule has 0 spiro atoms. The first-order valence-electron chi connectivity index (χ1n) is 5.27. The number of nitrogens with zero attached hydrogens (tertiary/aromatic N) is 2. The lowest BCUT2D eigenvalue weighted by molar-refractivity contribution is -0.177. The average Bonchev–Trinajstić information content (AvgIpc) is 2.54. The van der Waals surface area contributed by atoms with Crippen molar-refractivity contribution in [3.05, 3.63) is 15.9 Å². The number of halogens is 4. The molecule has 0 aliphatic rings. The van der Waals surface area contributed by atoms with Gasteiger partial charge in [-0.2, -0.15) is 18.3 Å². The number of aromatic nitrogens is 2. The molecule has 0 aromatic carbocycles. The number of aryl methyl sites for hydroxylation is 2.